The van der Waals surface area contributed by atoms with Crippen molar-refractivity contribution in [3.8, 4) is 0 Å². The Balaban J connectivity index is 2.58. The van der Waals surface area contributed by atoms with E-state index in [0.717, 1.165) is 4.90 Å². The standard InChI is InChI=1S/C6H11FN2O2/c7-4-2-1-3-9(5(4)8)6(10)11/h4-5H,1-3,8H2,(H,10,11). The molecule has 1 fully saturated rings. The molecular weight excluding hydrogens is 151 g/mol. The molecule has 1 amide bonds. The summed E-state index contributed by atoms with van der Waals surface area (Å²) in [7, 11) is 0. The van der Waals surface area contributed by atoms with Crippen LogP contribution in [0.5, 0.6) is 0 Å². The smallest absolute Gasteiger partial charge is 0.408 e. The average Bonchev–Trinajstić information content (AvgIpc) is 1.94. The first-order chi connectivity index (χ1) is 5.13. The Morgan fingerprint density at radius 3 is 2.82 bits per heavy atom. The summed E-state index contributed by atoms with van der Waals surface area (Å²) in [6.07, 6.45) is -2.40. The molecule has 5 heteroatoms. The maximum Gasteiger partial charge on any atom is 0.408 e. The number of hydrogen-bond donors (Lipinski definition) is 2. The molecule has 2 atom stereocenters. The third-order valence-electron chi connectivity index (χ3n) is 1.86. The number of amides is 1. The van der Waals surface area contributed by atoms with Gasteiger partial charge in [-0.15, -0.1) is 0 Å². The largest absolute Gasteiger partial charge is 0.465 e. The number of carbonyl (C=O) groups is 1. The van der Waals surface area contributed by atoms with Crippen molar-refractivity contribution in [3.63, 3.8) is 0 Å². The van der Waals surface area contributed by atoms with Gasteiger partial charge in [-0.1, -0.05) is 0 Å². The summed E-state index contributed by atoms with van der Waals surface area (Å²) in [6.45, 7) is 0.344. The van der Waals surface area contributed by atoms with E-state index in [2.05, 4.69) is 0 Å². The van der Waals surface area contributed by atoms with Gasteiger partial charge in [0.1, 0.15) is 12.3 Å². The van der Waals surface area contributed by atoms with Gasteiger partial charge in [0, 0.05) is 6.54 Å². The lowest BCUT2D eigenvalue weighted by Crippen LogP contribution is -2.54. The first-order valence-corrected chi connectivity index (χ1v) is 3.52. The Morgan fingerprint density at radius 2 is 2.36 bits per heavy atom. The zero-order chi connectivity index (χ0) is 8.43. The monoisotopic (exact) mass is 162 g/mol. The van der Waals surface area contributed by atoms with Crippen molar-refractivity contribution in [1.82, 2.24) is 4.90 Å². The molecule has 4 nitrogen and oxygen atoms in total. The van der Waals surface area contributed by atoms with Crippen LogP contribution in [0.1, 0.15) is 12.8 Å². The van der Waals surface area contributed by atoms with Gasteiger partial charge in [-0.2, -0.15) is 0 Å². The fraction of sp³-hybridized carbons (Fsp3) is 0.833. The minimum Gasteiger partial charge on any atom is -0.465 e. The second kappa shape index (κ2) is 3.04. The van der Waals surface area contributed by atoms with Gasteiger partial charge >= 0.3 is 6.09 Å². The zero-order valence-electron chi connectivity index (χ0n) is 6.03. The number of nitrogens with two attached hydrogens (primary N) is 1. The van der Waals surface area contributed by atoms with Gasteiger partial charge in [0.25, 0.3) is 0 Å². The Kier molecular flexibility index (Phi) is 2.28. The molecule has 1 rings (SSSR count). The molecule has 11 heavy (non-hydrogen) atoms. The van der Waals surface area contributed by atoms with Crippen LogP contribution in [0, 0.1) is 0 Å². The van der Waals surface area contributed by atoms with Gasteiger partial charge in [0.2, 0.25) is 0 Å². The minimum absolute atomic E-state index is 0.344. The van der Waals surface area contributed by atoms with Crippen LogP contribution < -0.4 is 5.73 Å². The number of likely N-dealkylation sites (tertiary alicyclic amines) is 1. The van der Waals surface area contributed by atoms with E-state index in [4.69, 9.17) is 10.8 Å². The van der Waals surface area contributed by atoms with Crippen LogP contribution in [0.25, 0.3) is 0 Å². The maximum absolute atomic E-state index is 12.8. The third-order valence-corrected chi connectivity index (χ3v) is 1.86. The van der Waals surface area contributed by atoms with Crippen molar-refractivity contribution >= 4 is 6.09 Å². The summed E-state index contributed by atoms with van der Waals surface area (Å²) in [5.41, 5.74) is 5.29. The molecule has 3 N–H and O–H groups in total. The number of halogens is 1. The molecule has 0 aromatic rings. The topological polar surface area (TPSA) is 66.6 Å². The summed E-state index contributed by atoms with van der Waals surface area (Å²) in [6, 6.07) is 0. The molecule has 0 aliphatic carbocycles. The predicted molar refractivity (Wildman–Crippen MR) is 36.8 cm³/mol. The molecule has 0 saturated carbocycles. The maximum atomic E-state index is 12.8. The highest BCUT2D eigenvalue weighted by Gasteiger charge is 2.31. The van der Waals surface area contributed by atoms with Crippen LogP contribution in [-0.2, 0) is 0 Å². The number of carboxylic acid groups (broad SMARTS) is 1. The van der Waals surface area contributed by atoms with Crippen molar-refractivity contribution in [2.24, 2.45) is 5.73 Å². The van der Waals surface area contributed by atoms with Crippen LogP contribution in [0.3, 0.4) is 0 Å². The van der Waals surface area contributed by atoms with Crippen LogP contribution >= 0.6 is 0 Å². The molecule has 0 bridgehead atoms. The lowest BCUT2D eigenvalue weighted by atomic mass is 10.1. The highest BCUT2D eigenvalue weighted by molar-refractivity contribution is 5.65. The molecule has 1 saturated heterocycles. The average molecular weight is 162 g/mol. The second-order valence-corrected chi connectivity index (χ2v) is 2.62. The van der Waals surface area contributed by atoms with Gasteiger partial charge in [-0.25, -0.2) is 9.18 Å². The normalized spacial score (nSPS) is 32.0. The summed E-state index contributed by atoms with van der Waals surface area (Å²) in [4.78, 5) is 11.3. The Hall–Kier alpha value is -0.840. The highest BCUT2D eigenvalue weighted by Crippen LogP contribution is 2.16. The van der Waals surface area contributed by atoms with Crippen molar-refractivity contribution < 1.29 is 14.3 Å². The fourth-order valence-corrected chi connectivity index (χ4v) is 1.19. The highest BCUT2D eigenvalue weighted by atomic mass is 19.1. The van der Waals surface area contributed by atoms with Crippen LogP contribution in [0.15, 0.2) is 0 Å². The quantitative estimate of drug-likeness (QED) is 0.541. The summed E-state index contributed by atoms with van der Waals surface area (Å²) in [5.74, 6) is 0. The van der Waals surface area contributed by atoms with Crippen LogP contribution in [0.2, 0.25) is 0 Å². The van der Waals surface area contributed by atoms with E-state index < -0.39 is 18.4 Å². The van der Waals surface area contributed by atoms with Gasteiger partial charge in [-0.3, -0.25) is 4.90 Å². The van der Waals surface area contributed by atoms with Gasteiger partial charge in [0.05, 0.1) is 0 Å². The van der Waals surface area contributed by atoms with Gasteiger partial charge < -0.3 is 10.8 Å². The number of nitrogens with zero attached hydrogens (tertiary/aromatic N) is 1. The van der Waals surface area contributed by atoms with Crippen molar-refractivity contribution in [2.75, 3.05) is 6.54 Å². The summed E-state index contributed by atoms with van der Waals surface area (Å²) >= 11 is 0. The molecule has 0 aromatic heterocycles. The van der Waals surface area contributed by atoms with Crippen molar-refractivity contribution in [3.05, 3.63) is 0 Å². The van der Waals surface area contributed by atoms with E-state index in [1.807, 2.05) is 0 Å². The van der Waals surface area contributed by atoms with E-state index in [0.29, 0.717) is 19.4 Å². The minimum atomic E-state index is -1.21. The lowest BCUT2D eigenvalue weighted by molar-refractivity contribution is 0.0635. The molecule has 64 valence electrons. The first kappa shape index (κ1) is 8.26. The number of piperidine rings is 1. The second-order valence-electron chi connectivity index (χ2n) is 2.62. The Bertz CT molecular complexity index is 165. The van der Waals surface area contributed by atoms with Crippen LogP contribution in [-0.4, -0.2) is 35.0 Å². The van der Waals surface area contributed by atoms with E-state index in [-0.39, 0.29) is 0 Å². The summed E-state index contributed by atoms with van der Waals surface area (Å²) in [5, 5.41) is 8.51. The van der Waals surface area contributed by atoms with Crippen molar-refractivity contribution in [1.29, 1.82) is 0 Å². The fourth-order valence-electron chi connectivity index (χ4n) is 1.19. The lowest BCUT2D eigenvalue weighted by Gasteiger charge is -2.32. The van der Waals surface area contributed by atoms with Crippen LogP contribution in [0.4, 0.5) is 9.18 Å². The van der Waals surface area contributed by atoms with E-state index in [9.17, 15) is 9.18 Å². The first-order valence-electron chi connectivity index (χ1n) is 3.52. The van der Waals surface area contributed by atoms with E-state index in [1.54, 1.807) is 0 Å². The molecule has 2 unspecified atom stereocenters. The summed E-state index contributed by atoms with van der Waals surface area (Å²) < 4.78 is 12.8. The Labute approximate surface area is 63.8 Å². The molecule has 1 heterocycles. The van der Waals surface area contributed by atoms with E-state index in [1.165, 1.54) is 0 Å². The Morgan fingerprint density at radius 1 is 1.73 bits per heavy atom. The molecule has 0 spiro atoms. The predicted octanol–water partition coefficient (Wildman–Crippen LogP) is 0.383. The van der Waals surface area contributed by atoms with Gasteiger partial charge in [0.15, 0.2) is 0 Å². The van der Waals surface area contributed by atoms with Crippen molar-refractivity contribution in [2.45, 2.75) is 25.2 Å². The molecule has 1 aliphatic heterocycles. The number of hydrogen-bond acceptors (Lipinski definition) is 2. The SMILES string of the molecule is NC1C(F)CCCN1C(=O)O. The molecule has 1 aliphatic rings. The molecular formula is C6H11FN2O2. The number of rotatable bonds is 0. The zero-order valence-corrected chi connectivity index (χ0v) is 6.03. The van der Waals surface area contributed by atoms with Gasteiger partial charge in [-0.05, 0) is 12.8 Å². The number of alkyl halides is 1. The van der Waals surface area contributed by atoms with E-state index >= 15 is 0 Å². The third kappa shape index (κ3) is 1.59. The molecule has 0 radical (unpaired) electrons. The molecule has 0 aromatic carbocycles.